The maximum absolute atomic E-state index is 3.58. The summed E-state index contributed by atoms with van der Waals surface area (Å²) in [5.41, 5.74) is 5.72. The second-order valence-electron chi connectivity index (χ2n) is 5.03. The van der Waals surface area contributed by atoms with Gasteiger partial charge in [-0.25, -0.2) is 0 Å². The molecule has 98 valence electrons. The van der Waals surface area contributed by atoms with E-state index in [9.17, 15) is 0 Å². The minimum Gasteiger partial charge on any atom is -0.310 e. The number of fused-ring (bicyclic) bond motifs is 1. The van der Waals surface area contributed by atoms with E-state index >= 15 is 0 Å². The number of hydrogen-bond donors (Lipinski definition) is 1. The highest BCUT2D eigenvalue weighted by molar-refractivity contribution is 9.10. The van der Waals surface area contributed by atoms with E-state index < -0.39 is 0 Å². The smallest absolute Gasteiger partial charge is 0.0326 e. The first-order valence-electron chi connectivity index (χ1n) is 6.90. The van der Waals surface area contributed by atoms with Gasteiger partial charge >= 0.3 is 0 Å². The first-order valence-corrected chi connectivity index (χ1v) is 7.70. The van der Waals surface area contributed by atoms with E-state index in [1.807, 2.05) is 0 Å². The molecule has 0 radical (unpaired) electrons. The predicted octanol–water partition coefficient (Wildman–Crippen LogP) is 4.71. The minimum absolute atomic E-state index is 0.537. The molecule has 0 spiro atoms. The van der Waals surface area contributed by atoms with Crippen LogP contribution >= 0.6 is 15.9 Å². The minimum atomic E-state index is 0.537. The van der Waals surface area contributed by atoms with Crippen molar-refractivity contribution in [3.8, 4) is 11.1 Å². The molecular formula is C17H18BrN. The highest BCUT2D eigenvalue weighted by Gasteiger charge is 2.23. The maximum atomic E-state index is 3.58. The predicted molar refractivity (Wildman–Crippen MR) is 84.3 cm³/mol. The molecule has 0 saturated carbocycles. The Morgan fingerprint density at radius 1 is 1.16 bits per heavy atom. The number of benzene rings is 2. The zero-order valence-corrected chi connectivity index (χ0v) is 12.7. The van der Waals surface area contributed by atoms with Crippen LogP contribution in [0.3, 0.4) is 0 Å². The molecule has 1 unspecified atom stereocenters. The number of hydrogen-bond acceptors (Lipinski definition) is 1. The van der Waals surface area contributed by atoms with Crippen LogP contribution in [-0.2, 0) is 6.42 Å². The Morgan fingerprint density at radius 3 is 2.68 bits per heavy atom. The van der Waals surface area contributed by atoms with Gasteiger partial charge in [0.25, 0.3) is 0 Å². The average Bonchev–Trinajstić information content (AvgIpc) is 2.84. The molecule has 0 bridgehead atoms. The van der Waals surface area contributed by atoms with Crippen LogP contribution in [0.25, 0.3) is 11.1 Å². The van der Waals surface area contributed by atoms with Crippen LogP contribution in [0.2, 0.25) is 0 Å². The van der Waals surface area contributed by atoms with E-state index in [2.05, 4.69) is 70.6 Å². The summed E-state index contributed by atoms with van der Waals surface area (Å²) < 4.78 is 1.13. The topological polar surface area (TPSA) is 12.0 Å². The van der Waals surface area contributed by atoms with E-state index in [-0.39, 0.29) is 0 Å². The lowest BCUT2D eigenvalue weighted by Gasteiger charge is -2.13. The van der Waals surface area contributed by atoms with Gasteiger partial charge in [-0.3, -0.25) is 0 Å². The largest absolute Gasteiger partial charge is 0.310 e. The average molecular weight is 316 g/mol. The van der Waals surface area contributed by atoms with Gasteiger partial charge < -0.3 is 5.32 Å². The fourth-order valence-corrected chi connectivity index (χ4v) is 3.28. The quantitative estimate of drug-likeness (QED) is 0.864. The monoisotopic (exact) mass is 315 g/mol. The molecule has 19 heavy (non-hydrogen) atoms. The lowest BCUT2D eigenvalue weighted by molar-refractivity contribution is 0.549. The van der Waals surface area contributed by atoms with E-state index in [0.29, 0.717) is 6.04 Å². The lowest BCUT2D eigenvalue weighted by Crippen LogP contribution is -2.18. The summed E-state index contributed by atoms with van der Waals surface area (Å²) in [5, 5.41) is 3.58. The molecule has 0 aliphatic heterocycles. The van der Waals surface area contributed by atoms with Crippen LogP contribution in [0, 0.1) is 0 Å². The van der Waals surface area contributed by atoms with Crippen LogP contribution in [0.4, 0.5) is 0 Å². The van der Waals surface area contributed by atoms with Crippen molar-refractivity contribution in [1.29, 1.82) is 0 Å². The molecule has 0 heterocycles. The van der Waals surface area contributed by atoms with Crippen molar-refractivity contribution in [1.82, 2.24) is 5.32 Å². The molecule has 0 saturated heterocycles. The Labute approximate surface area is 123 Å². The number of halogens is 1. The molecule has 2 aromatic carbocycles. The lowest BCUT2D eigenvalue weighted by atomic mass is 9.96. The van der Waals surface area contributed by atoms with Crippen LogP contribution in [0.1, 0.15) is 30.5 Å². The van der Waals surface area contributed by atoms with Crippen LogP contribution in [0.5, 0.6) is 0 Å². The fraction of sp³-hybridized carbons (Fsp3) is 0.294. The van der Waals surface area contributed by atoms with E-state index in [4.69, 9.17) is 0 Å². The summed E-state index contributed by atoms with van der Waals surface area (Å²) in [5.74, 6) is 0. The zero-order chi connectivity index (χ0) is 13.2. The molecule has 1 nitrogen and oxygen atoms in total. The summed E-state index contributed by atoms with van der Waals surface area (Å²) in [4.78, 5) is 0. The summed E-state index contributed by atoms with van der Waals surface area (Å²) in [6.07, 6.45) is 2.40. The molecule has 0 aromatic heterocycles. The van der Waals surface area contributed by atoms with Crippen LogP contribution in [-0.4, -0.2) is 6.54 Å². The van der Waals surface area contributed by atoms with Gasteiger partial charge in [-0.15, -0.1) is 0 Å². The first-order chi connectivity index (χ1) is 9.29. The zero-order valence-electron chi connectivity index (χ0n) is 11.1. The fourth-order valence-electron chi connectivity index (χ4n) is 3.01. The molecule has 0 fully saturated rings. The number of nitrogens with one attached hydrogen (secondary N) is 1. The van der Waals surface area contributed by atoms with Gasteiger partial charge in [0, 0.05) is 10.5 Å². The third-order valence-corrected chi connectivity index (χ3v) is 4.41. The van der Waals surface area contributed by atoms with Gasteiger partial charge in [-0.2, -0.15) is 0 Å². The van der Waals surface area contributed by atoms with Crippen molar-refractivity contribution in [2.75, 3.05) is 6.54 Å². The van der Waals surface area contributed by atoms with Gasteiger partial charge in [0.15, 0.2) is 0 Å². The van der Waals surface area contributed by atoms with E-state index in [0.717, 1.165) is 11.0 Å². The van der Waals surface area contributed by atoms with Gasteiger partial charge in [-0.05, 0) is 53.8 Å². The third kappa shape index (κ3) is 2.47. The molecule has 2 heteroatoms. The van der Waals surface area contributed by atoms with Crippen molar-refractivity contribution < 1.29 is 0 Å². The highest BCUT2D eigenvalue weighted by Crippen LogP contribution is 2.37. The van der Waals surface area contributed by atoms with Crippen molar-refractivity contribution in [2.45, 2.75) is 25.8 Å². The Balaban J connectivity index is 2.02. The van der Waals surface area contributed by atoms with Gasteiger partial charge in [0.2, 0.25) is 0 Å². The standard InChI is InChI=1S/C17H18BrN/c1-2-19-17-11-10-15-14(4-3-5-16(15)17)12-6-8-13(18)9-7-12/h3-9,17,19H,2,10-11H2,1H3. The van der Waals surface area contributed by atoms with Gasteiger partial charge in [0.05, 0.1) is 0 Å². The molecular weight excluding hydrogens is 298 g/mol. The molecule has 3 rings (SSSR count). The van der Waals surface area contributed by atoms with Crippen molar-refractivity contribution in [3.05, 3.63) is 58.1 Å². The molecule has 1 aliphatic rings. The summed E-state index contributed by atoms with van der Waals surface area (Å²) in [7, 11) is 0. The number of rotatable bonds is 3. The van der Waals surface area contributed by atoms with Crippen molar-refractivity contribution in [3.63, 3.8) is 0 Å². The Bertz CT molecular complexity index is 574. The van der Waals surface area contributed by atoms with E-state index in [1.54, 1.807) is 0 Å². The van der Waals surface area contributed by atoms with Crippen molar-refractivity contribution in [2.24, 2.45) is 0 Å². The molecule has 1 aliphatic carbocycles. The molecule has 1 N–H and O–H groups in total. The molecule has 0 amide bonds. The van der Waals surface area contributed by atoms with E-state index in [1.165, 1.54) is 35.1 Å². The second kappa shape index (κ2) is 5.48. The summed E-state index contributed by atoms with van der Waals surface area (Å²) >= 11 is 3.50. The normalized spacial score (nSPS) is 17.5. The van der Waals surface area contributed by atoms with Crippen LogP contribution in [0.15, 0.2) is 46.9 Å². The van der Waals surface area contributed by atoms with Crippen molar-refractivity contribution >= 4 is 15.9 Å². The Morgan fingerprint density at radius 2 is 1.95 bits per heavy atom. The maximum Gasteiger partial charge on any atom is 0.0326 e. The van der Waals surface area contributed by atoms with Gasteiger partial charge in [0.1, 0.15) is 0 Å². The highest BCUT2D eigenvalue weighted by atomic mass is 79.9. The third-order valence-electron chi connectivity index (χ3n) is 3.88. The SMILES string of the molecule is CCNC1CCc2c(-c3ccc(Br)cc3)cccc21. The molecule has 2 aromatic rings. The molecule has 1 atom stereocenters. The first kappa shape index (κ1) is 12.9. The Hall–Kier alpha value is -1.12. The summed E-state index contributed by atoms with van der Waals surface area (Å²) in [6.45, 7) is 3.21. The van der Waals surface area contributed by atoms with Crippen LogP contribution < -0.4 is 5.32 Å². The Kier molecular flexibility index (Phi) is 3.72. The second-order valence-corrected chi connectivity index (χ2v) is 5.94. The van der Waals surface area contributed by atoms with Gasteiger partial charge in [-0.1, -0.05) is 53.2 Å². The summed E-state index contributed by atoms with van der Waals surface area (Å²) in [6, 6.07) is 15.9.